The Hall–Kier alpha value is -4.85. The number of aliphatic hydroxyl groups is 3. The minimum atomic E-state index is -1.06. The highest BCUT2D eigenvalue weighted by Crippen LogP contribution is 2.40. The first-order valence-corrected chi connectivity index (χ1v) is 23.2. The predicted octanol–water partition coefficient (Wildman–Crippen LogP) is 8.53. The number of carbonyl (C=O) groups excluding carboxylic acids is 1. The molecule has 2 saturated heterocycles. The van der Waals surface area contributed by atoms with Crippen molar-refractivity contribution >= 4 is 28.5 Å². The van der Waals surface area contributed by atoms with Gasteiger partial charge in [-0.3, -0.25) is 9.78 Å². The number of hydrogen-bond donors (Lipinski definition) is 4. The Labute approximate surface area is 378 Å². The van der Waals surface area contributed by atoms with E-state index in [1.54, 1.807) is 13.8 Å². The standard InChI is InChI=1S/C26H24N2O.C26H44O9/c1-19-23-15-17-28(16-14-20-8-4-2-5-9-20)26(23)24-18-22(12-13-25(24)27-19)29-21-10-6-3-7-11-21;1-16(13-23(30)33-11-9-7-5-4-6-8-10-22(28)29)12-20-25(32)24(31)19(15-34-20)14-21-26(35-21)17(2)18(3)27/h2-13,18H,14-17H2,1H3;13,17-21,24-27,31-32H,4-12,14-15H2,1-3H3,(H,28,29)/b;16-13+/t;17-,18-,19-,20-,21-,24+,25-,26-/m.0/s1. The van der Waals surface area contributed by atoms with Gasteiger partial charge in [-0.2, -0.15) is 0 Å². The average Bonchev–Trinajstić information content (AvgIpc) is 3.91. The van der Waals surface area contributed by atoms with E-state index in [0.717, 1.165) is 80.7 Å². The molecule has 4 heterocycles. The smallest absolute Gasteiger partial charge is 0.330 e. The topological polar surface area (TPSA) is 171 Å². The molecular weight excluding hydrogens is 813 g/mol. The van der Waals surface area contributed by atoms with E-state index in [4.69, 9.17) is 29.0 Å². The lowest BCUT2D eigenvalue weighted by molar-refractivity contribution is -0.165. The molecule has 2 fully saturated rings. The molecule has 0 spiro atoms. The first-order valence-electron chi connectivity index (χ1n) is 23.2. The van der Waals surface area contributed by atoms with Crippen LogP contribution in [-0.4, -0.2) is 100 Å². The maximum atomic E-state index is 12.1. The van der Waals surface area contributed by atoms with Crippen LogP contribution in [-0.2, 0) is 36.6 Å². The summed E-state index contributed by atoms with van der Waals surface area (Å²) >= 11 is 0. The van der Waals surface area contributed by atoms with Crippen LogP contribution in [0.4, 0.5) is 5.69 Å². The number of ether oxygens (including phenoxy) is 4. The summed E-state index contributed by atoms with van der Waals surface area (Å²) in [5.74, 6) is 0.283. The van der Waals surface area contributed by atoms with Crippen LogP contribution in [0.3, 0.4) is 0 Å². The number of hydrogen-bond acceptors (Lipinski definition) is 11. The van der Waals surface area contributed by atoms with E-state index in [2.05, 4.69) is 54.3 Å². The lowest BCUT2D eigenvalue weighted by Crippen LogP contribution is -2.50. The minimum Gasteiger partial charge on any atom is -0.481 e. The largest absolute Gasteiger partial charge is 0.481 e. The van der Waals surface area contributed by atoms with Crippen molar-refractivity contribution in [2.45, 2.75) is 135 Å². The molecule has 3 aliphatic heterocycles. The van der Waals surface area contributed by atoms with Crippen LogP contribution in [0.2, 0.25) is 0 Å². The summed E-state index contributed by atoms with van der Waals surface area (Å²) in [5.41, 5.74) is 6.98. The number of nitrogens with zero attached hydrogens (tertiary/aromatic N) is 2. The molecule has 3 aliphatic rings. The van der Waals surface area contributed by atoms with Crippen LogP contribution >= 0.6 is 0 Å². The third-order valence-corrected chi connectivity index (χ3v) is 12.8. The van der Waals surface area contributed by atoms with Crippen molar-refractivity contribution in [2.75, 3.05) is 31.2 Å². The maximum absolute atomic E-state index is 12.1. The second kappa shape index (κ2) is 23.9. The van der Waals surface area contributed by atoms with E-state index in [0.29, 0.717) is 38.0 Å². The van der Waals surface area contributed by atoms with Gasteiger partial charge in [-0.15, -0.1) is 0 Å². The summed E-state index contributed by atoms with van der Waals surface area (Å²) in [6, 6.07) is 26.9. The number of benzene rings is 3. The molecule has 8 atom stereocenters. The zero-order valence-corrected chi connectivity index (χ0v) is 37.9. The molecule has 0 aliphatic carbocycles. The molecule has 4 aromatic rings. The Morgan fingerprint density at radius 2 is 1.61 bits per heavy atom. The van der Waals surface area contributed by atoms with Gasteiger partial charge in [-0.05, 0) is 101 Å². The van der Waals surface area contributed by atoms with Crippen LogP contribution in [0.1, 0.15) is 95.4 Å². The fourth-order valence-electron chi connectivity index (χ4n) is 8.81. The number of epoxide rings is 1. The number of pyridine rings is 1. The lowest BCUT2D eigenvalue weighted by atomic mass is 9.85. The second-order valence-electron chi connectivity index (χ2n) is 17.8. The third kappa shape index (κ3) is 14.1. The number of aliphatic carboxylic acids is 1. The van der Waals surface area contributed by atoms with Gasteiger partial charge < -0.3 is 44.3 Å². The highest BCUT2D eigenvalue weighted by Gasteiger charge is 2.48. The van der Waals surface area contributed by atoms with Gasteiger partial charge >= 0.3 is 11.9 Å². The van der Waals surface area contributed by atoms with E-state index in [9.17, 15) is 24.9 Å². The number of esters is 1. The zero-order chi connectivity index (χ0) is 45.6. The number of carbonyl (C=O) groups is 2. The number of fused-ring (bicyclic) bond motifs is 3. The number of anilines is 1. The Morgan fingerprint density at radius 3 is 2.33 bits per heavy atom. The number of aryl methyl sites for hydroxylation is 1. The van der Waals surface area contributed by atoms with E-state index >= 15 is 0 Å². The van der Waals surface area contributed by atoms with Gasteiger partial charge in [0.2, 0.25) is 0 Å². The van der Waals surface area contributed by atoms with E-state index in [1.807, 2.05) is 43.3 Å². The van der Waals surface area contributed by atoms with Gasteiger partial charge in [0.1, 0.15) is 17.6 Å². The Morgan fingerprint density at radius 1 is 0.906 bits per heavy atom. The van der Waals surface area contributed by atoms with Crippen LogP contribution in [0.15, 0.2) is 90.5 Å². The van der Waals surface area contributed by atoms with Crippen molar-refractivity contribution in [3.8, 4) is 11.5 Å². The Balaban J connectivity index is 0.000000215. The quantitative estimate of drug-likeness (QED) is 0.0273. The number of aromatic nitrogens is 1. The third-order valence-electron chi connectivity index (χ3n) is 12.8. The average molecular weight is 881 g/mol. The lowest BCUT2D eigenvalue weighted by Gasteiger charge is -2.38. The van der Waals surface area contributed by atoms with Crippen LogP contribution in [0.25, 0.3) is 10.9 Å². The molecule has 12 heteroatoms. The molecule has 1 aromatic heterocycles. The number of unbranched alkanes of at least 4 members (excludes halogenated alkanes) is 5. The molecule has 0 unspecified atom stereocenters. The monoisotopic (exact) mass is 880 g/mol. The van der Waals surface area contributed by atoms with Crippen LogP contribution < -0.4 is 9.64 Å². The predicted molar refractivity (Wildman–Crippen MR) is 248 cm³/mol. The van der Waals surface area contributed by atoms with Crippen LogP contribution in [0.5, 0.6) is 11.5 Å². The summed E-state index contributed by atoms with van der Waals surface area (Å²) in [7, 11) is 0. The number of aliphatic hydroxyl groups excluding tert-OH is 3. The highest BCUT2D eigenvalue weighted by molar-refractivity contribution is 5.96. The van der Waals surface area contributed by atoms with Gasteiger partial charge in [-0.25, -0.2) is 4.79 Å². The summed E-state index contributed by atoms with van der Waals surface area (Å²) in [6.45, 7) is 10.3. The molecule has 0 amide bonds. The Bertz CT molecular complexity index is 2130. The minimum absolute atomic E-state index is 0.0160. The molecule has 0 radical (unpaired) electrons. The normalized spacial score (nSPS) is 22.5. The highest BCUT2D eigenvalue weighted by atomic mass is 16.6. The Kier molecular flexibility index (Phi) is 18.1. The van der Waals surface area contributed by atoms with Gasteiger partial charge in [0.15, 0.2) is 0 Å². The van der Waals surface area contributed by atoms with Crippen LogP contribution in [0, 0.1) is 18.8 Å². The van der Waals surface area contributed by atoms with Gasteiger partial charge in [0.25, 0.3) is 0 Å². The first-order chi connectivity index (χ1) is 30.9. The zero-order valence-electron chi connectivity index (χ0n) is 37.9. The molecule has 4 N–H and O–H groups in total. The van der Waals surface area contributed by atoms with Crippen molar-refractivity contribution < 1.29 is 49.0 Å². The van der Waals surface area contributed by atoms with E-state index in [1.165, 1.54) is 28.3 Å². The van der Waals surface area contributed by atoms with Crippen molar-refractivity contribution in [2.24, 2.45) is 11.8 Å². The van der Waals surface area contributed by atoms with E-state index < -0.39 is 36.4 Å². The molecule has 3 aromatic carbocycles. The second-order valence-corrected chi connectivity index (χ2v) is 17.8. The maximum Gasteiger partial charge on any atom is 0.330 e. The SMILES string of the molecule is C/C(=C\C(=O)OCCCCCCCCC(=O)O)C[C@@H]1OC[C@H](C[C@@H]2O[C@H]2[C@@H](C)[C@H](C)O)[C@@H](O)[C@H]1O.Cc1nc2ccc(Oc3ccccc3)cc2c2c1CCN2CCc1ccccc1. The van der Waals surface area contributed by atoms with Crippen molar-refractivity contribution in [1.82, 2.24) is 4.98 Å². The molecule has 64 heavy (non-hydrogen) atoms. The number of carboxylic acids is 1. The number of rotatable bonds is 21. The summed E-state index contributed by atoms with van der Waals surface area (Å²) in [5, 5.41) is 40.7. The number of carboxylic acid groups (broad SMARTS) is 1. The molecule has 7 rings (SSSR count). The number of para-hydroxylation sites is 1. The molecule has 346 valence electrons. The summed E-state index contributed by atoms with van der Waals surface area (Å²) in [6.07, 6.45) is 6.72. The molecule has 0 bridgehead atoms. The van der Waals surface area contributed by atoms with Gasteiger partial charge in [0.05, 0.1) is 54.9 Å². The summed E-state index contributed by atoms with van der Waals surface area (Å²) < 4.78 is 22.8. The molecule has 0 saturated carbocycles. The van der Waals surface area contributed by atoms with Crippen molar-refractivity contribution in [3.05, 3.63) is 107 Å². The molecular formula is C52H68N2O10. The summed E-state index contributed by atoms with van der Waals surface area (Å²) in [4.78, 5) is 29.9. The van der Waals surface area contributed by atoms with Crippen molar-refractivity contribution in [1.29, 1.82) is 0 Å². The first kappa shape index (κ1) is 48.6. The fraction of sp³-hybridized carbons (Fsp3) is 0.519. The fourth-order valence-corrected chi connectivity index (χ4v) is 8.81. The van der Waals surface area contributed by atoms with Gasteiger partial charge in [-0.1, -0.05) is 86.7 Å². The van der Waals surface area contributed by atoms with E-state index in [-0.39, 0.29) is 30.5 Å². The van der Waals surface area contributed by atoms with Gasteiger partial charge in [0, 0.05) is 48.5 Å². The van der Waals surface area contributed by atoms with Crippen molar-refractivity contribution in [3.63, 3.8) is 0 Å². The molecule has 12 nitrogen and oxygen atoms in total.